The number of rotatable bonds is 4. The van der Waals surface area contributed by atoms with Crippen LogP contribution in [0.4, 0.5) is 5.82 Å². The van der Waals surface area contributed by atoms with Crippen molar-refractivity contribution in [2.45, 2.75) is 6.92 Å². The average Bonchev–Trinajstić information content (AvgIpc) is 2.67. The summed E-state index contributed by atoms with van der Waals surface area (Å²) in [6.07, 6.45) is 1.81. The molecule has 1 aliphatic rings. The summed E-state index contributed by atoms with van der Waals surface area (Å²) in [7, 11) is 3.15. The van der Waals surface area contributed by atoms with E-state index < -0.39 is 0 Å². The highest BCUT2D eigenvalue weighted by molar-refractivity contribution is 9.10. The predicted octanol–water partition coefficient (Wildman–Crippen LogP) is 3.13. The molecular weight excluding hydrogens is 398 g/mol. The van der Waals surface area contributed by atoms with Crippen molar-refractivity contribution in [1.29, 1.82) is 0 Å². The molecule has 1 saturated heterocycles. The first-order valence-corrected chi connectivity index (χ1v) is 9.21. The van der Waals surface area contributed by atoms with Gasteiger partial charge in [0.25, 0.3) is 5.91 Å². The molecule has 1 aromatic carbocycles. The number of hydrogen-bond donors (Lipinski definition) is 0. The number of anilines is 1. The van der Waals surface area contributed by atoms with Gasteiger partial charge in [0.15, 0.2) is 11.5 Å². The number of halogens is 1. The SMILES string of the molecule is COc1ccc(C(=O)N2CCN(c3ncc(Br)cc3C)CC2)cc1OC. The Labute approximate surface area is 161 Å². The van der Waals surface area contributed by atoms with E-state index in [0.717, 1.165) is 28.9 Å². The summed E-state index contributed by atoms with van der Waals surface area (Å²) >= 11 is 3.44. The summed E-state index contributed by atoms with van der Waals surface area (Å²) in [5.41, 5.74) is 1.73. The van der Waals surface area contributed by atoms with Crippen LogP contribution in [0, 0.1) is 6.92 Å². The van der Waals surface area contributed by atoms with Crippen molar-refractivity contribution in [2.24, 2.45) is 0 Å². The highest BCUT2D eigenvalue weighted by Crippen LogP contribution is 2.28. The molecule has 1 aromatic heterocycles. The van der Waals surface area contributed by atoms with Gasteiger partial charge >= 0.3 is 0 Å². The molecule has 2 heterocycles. The lowest BCUT2D eigenvalue weighted by atomic mass is 10.1. The number of aromatic nitrogens is 1. The number of methoxy groups -OCH3 is 2. The summed E-state index contributed by atoms with van der Waals surface area (Å²) in [5, 5.41) is 0. The molecule has 0 saturated carbocycles. The van der Waals surface area contributed by atoms with E-state index in [9.17, 15) is 4.79 Å². The molecule has 7 heteroatoms. The second kappa shape index (κ2) is 7.95. The summed E-state index contributed by atoms with van der Waals surface area (Å²) < 4.78 is 11.5. The Bertz CT molecular complexity index is 805. The van der Waals surface area contributed by atoms with E-state index >= 15 is 0 Å². The zero-order valence-corrected chi connectivity index (χ0v) is 16.7. The topological polar surface area (TPSA) is 54.9 Å². The lowest BCUT2D eigenvalue weighted by Gasteiger charge is -2.36. The molecule has 0 spiro atoms. The second-order valence-electron chi connectivity index (χ2n) is 6.14. The van der Waals surface area contributed by atoms with Crippen LogP contribution < -0.4 is 14.4 Å². The molecule has 0 N–H and O–H groups in total. The second-order valence-corrected chi connectivity index (χ2v) is 7.06. The van der Waals surface area contributed by atoms with Crippen LogP contribution in [0.2, 0.25) is 0 Å². The Morgan fingerprint density at radius 2 is 1.77 bits per heavy atom. The average molecular weight is 420 g/mol. The lowest BCUT2D eigenvalue weighted by Crippen LogP contribution is -2.49. The van der Waals surface area contributed by atoms with Crippen molar-refractivity contribution in [3.8, 4) is 11.5 Å². The highest BCUT2D eigenvalue weighted by atomic mass is 79.9. The molecule has 0 bridgehead atoms. The van der Waals surface area contributed by atoms with Crippen molar-refractivity contribution in [1.82, 2.24) is 9.88 Å². The normalized spacial score (nSPS) is 14.3. The van der Waals surface area contributed by atoms with Gasteiger partial charge in [0.2, 0.25) is 0 Å². The summed E-state index contributed by atoms with van der Waals surface area (Å²) in [6, 6.07) is 7.32. The molecule has 0 aliphatic carbocycles. The smallest absolute Gasteiger partial charge is 0.254 e. The van der Waals surface area contributed by atoms with Gasteiger partial charge in [0.05, 0.1) is 14.2 Å². The number of nitrogens with zero attached hydrogens (tertiary/aromatic N) is 3. The molecule has 0 atom stereocenters. The monoisotopic (exact) mass is 419 g/mol. The lowest BCUT2D eigenvalue weighted by molar-refractivity contribution is 0.0746. The first-order valence-electron chi connectivity index (χ1n) is 8.42. The molecular formula is C19H22BrN3O3. The van der Waals surface area contributed by atoms with Gasteiger partial charge in [-0.2, -0.15) is 0 Å². The van der Waals surface area contributed by atoms with Gasteiger partial charge in [0, 0.05) is 42.4 Å². The summed E-state index contributed by atoms with van der Waals surface area (Å²) in [6.45, 7) is 4.88. The number of carbonyl (C=O) groups is 1. The maximum absolute atomic E-state index is 12.8. The molecule has 0 unspecified atom stereocenters. The van der Waals surface area contributed by atoms with Gasteiger partial charge in [-0.3, -0.25) is 4.79 Å². The number of amides is 1. The van der Waals surface area contributed by atoms with Gasteiger partial charge in [-0.05, 0) is 52.7 Å². The summed E-state index contributed by atoms with van der Waals surface area (Å²) in [5.74, 6) is 2.16. The number of piperazine rings is 1. The number of aryl methyl sites for hydroxylation is 1. The van der Waals surface area contributed by atoms with Crippen molar-refractivity contribution >= 4 is 27.7 Å². The van der Waals surface area contributed by atoms with Crippen LogP contribution in [0.3, 0.4) is 0 Å². The third-order valence-electron chi connectivity index (χ3n) is 4.51. The van der Waals surface area contributed by atoms with E-state index in [1.54, 1.807) is 32.4 Å². The molecule has 3 rings (SSSR count). The van der Waals surface area contributed by atoms with Gasteiger partial charge in [-0.25, -0.2) is 4.98 Å². The minimum absolute atomic E-state index is 0.00564. The maximum Gasteiger partial charge on any atom is 0.254 e. The van der Waals surface area contributed by atoms with Gasteiger partial charge < -0.3 is 19.3 Å². The number of ether oxygens (including phenoxy) is 2. The van der Waals surface area contributed by atoms with Gasteiger partial charge in [-0.15, -0.1) is 0 Å². The third-order valence-corrected chi connectivity index (χ3v) is 4.95. The van der Waals surface area contributed by atoms with Crippen LogP contribution >= 0.6 is 15.9 Å². The first kappa shape index (κ1) is 18.5. The van der Waals surface area contributed by atoms with E-state index in [2.05, 4.69) is 31.9 Å². The molecule has 26 heavy (non-hydrogen) atoms. The van der Waals surface area contributed by atoms with Crippen LogP contribution in [0.15, 0.2) is 34.9 Å². The molecule has 6 nitrogen and oxygen atoms in total. The van der Waals surface area contributed by atoms with Crippen molar-refractivity contribution in [3.05, 3.63) is 46.1 Å². The maximum atomic E-state index is 12.8. The minimum Gasteiger partial charge on any atom is -0.493 e. The number of carbonyl (C=O) groups excluding carboxylic acids is 1. The van der Waals surface area contributed by atoms with Gasteiger partial charge in [-0.1, -0.05) is 0 Å². The zero-order chi connectivity index (χ0) is 18.7. The molecule has 138 valence electrons. The van der Waals surface area contributed by atoms with Crippen molar-refractivity contribution < 1.29 is 14.3 Å². The van der Waals surface area contributed by atoms with Crippen LogP contribution in [-0.4, -0.2) is 56.2 Å². The quantitative estimate of drug-likeness (QED) is 0.761. The summed E-state index contributed by atoms with van der Waals surface area (Å²) in [4.78, 5) is 21.4. The van der Waals surface area contributed by atoms with Crippen LogP contribution in [0.5, 0.6) is 11.5 Å². The van der Waals surface area contributed by atoms with Crippen molar-refractivity contribution in [2.75, 3.05) is 45.3 Å². The number of hydrogen-bond acceptors (Lipinski definition) is 5. The molecule has 0 radical (unpaired) electrons. The van der Waals surface area contributed by atoms with Gasteiger partial charge in [0.1, 0.15) is 5.82 Å². The van der Waals surface area contributed by atoms with E-state index in [4.69, 9.17) is 9.47 Å². The molecule has 1 aliphatic heterocycles. The predicted molar refractivity (Wildman–Crippen MR) is 104 cm³/mol. The van der Waals surface area contributed by atoms with E-state index in [-0.39, 0.29) is 5.91 Å². The Balaban J connectivity index is 1.68. The van der Waals surface area contributed by atoms with Crippen LogP contribution in [0.1, 0.15) is 15.9 Å². The molecule has 1 fully saturated rings. The Kier molecular flexibility index (Phi) is 5.66. The fourth-order valence-electron chi connectivity index (χ4n) is 3.14. The third kappa shape index (κ3) is 3.77. The molecule has 2 aromatic rings. The minimum atomic E-state index is 0.00564. The Morgan fingerprint density at radius 3 is 2.38 bits per heavy atom. The first-order chi connectivity index (χ1) is 12.5. The fraction of sp³-hybridized carbons (Fsp3) is 0.368. The Hall–Kier alpha value is -2.28. The van der Waals surface area contributed by atoms with Crippen LogP contribution in [-0.2, 0) is 0 Å². The number of pyridine rings is 1. The molecule has 1 amide bonds. The van der Waals surface area contributed by atoms with Crippen molar-refractivity contribution in [3.63, 3.8) is 0 Å². The van der Waals surface area contributed by atoms with E-state index in [0.29, 0.717) is 30.2 Å². The number of benzene rings is 1. The van der Waals surface area contributed by atoms with E-state index in [1.807, 2.05) is 18.0 Å². The Morgan fingerprint density at radius 1 is 1.08 bits per heavy atom. The van der Waals surface area contributed by atoms with Crippen LogP contribution in [0.25, 0.3) is 0 Å². The fourth-order valence-corrected chi connectivity index (χ4v) is 3.58. The zero-order valence-electron chi connectivity index (χ0n) is 15.2. The highest BCUT2D eigenvalue weighted by Gasteiger charge is 2.24. The standard InChI is InChI=1S/C19H22BrN3O3/c1-13-10-15(20)12-21-18(13)22-6-8-23(9-7-22)19(24)14-4-5-16(25-2)17(11-14)26-3/h4-5,10-12H,6-9H2,1-3H3. The van der Waals surface area contributed by atoms with E-state index in [1.165, 1.54) is 0 Å². The largest absolute Gasteiger partial charge is 0.493 e.